The molecule has 0 spiro atoms. The first-order valence-electron chi connectivity index (χ1n) is 8.41. The first-order chi connectivity index (χ1) is 12.2. The molecular formula is C18H20ClN5O2. The monoisotopic (exact) mass is 373 g/mol. The van der Waals surface area contributed by atoms with Crippen molar-refractivity contribution >= 4 is 28.7 Å². The topological polar surface area (TPSA) is 87.3 Å². The highest BCUT2D eigenvalue weighted by molar-refractivity contribution is 6.31. The molecule has 0 unspecified atom stereocenters. The Kier molecular flexibility index (Phi) is 3.82. The van der Waals surface area contributed by atoms with Gasteiger partial charge in [0.05, 0.1) is 17.4 Å². The molecule has 1 fully saturated rings. The molecule has 7 nitrogen and oxygen atoms in total. The highest BCUT2D eigenvalue weighted by atomic mass is 35.5. The summed E-state index contributed by atoms with van der Waals surface area (Å²) in [5.74, 6) is 1.35. The number of β-amino-alcohol motifs (C(OH)–C–C–N with tert-alkyl or cyclic N) is 1. The Hall–Kier alpha value is -2.38. The number of anilines is 1. The quantitative estimate of drug-likeness (QED) is 0.718. The predicted molar refractivity (Wildman–Crippen MR) is 101 cm³/mol. The van der Waals surface area contributed by atoms with Crippen LogP contribution in [0.4, 0.5) is 5.82 Å². The minimum Gasteiger partial charge on any atom is -0.507 e. The van der Waals surface area contributed by atoms with Crippen molar-refractivity contribution in [3.63, 3.8) is 0 Å². The van der Waals surface area contributed by atoms with Crippen molar-refractivity contribution in [3.05, 3.63) is 28.9 Å². The maximum absolute atomic E-state index is 10.3. The average molecular weight is 374 g/mol. The van der Waals surface area contributed by atoms with Crippen LogP contribution in [0, 0.1) is 6.92 Å². The van der Waals surface area contributed by atoms with Gasteiger partial charge in [0, 0.05) is 25.2 Å². The van der Waals surface area contributed by atoms with Gasteiger partial charge < -0.3 is 19.7 Å². The summed E-state index contributed by atoms with van der Waals surface area (Å²) in [7, 11) is 1.84. The Morgan fingerprint density at radius 3 is 2.69 bits per heavy atom. The third kappa shape index (κ3) is 2.77. The predicted octanol–water partition coefficient (Wildman–Crippen LogP) is 2.66. The van der Waals surface area contributed by atoms with Gasteiger partial charge >= 0.3 is 0 Å². The number of fused-ring (bicyclic) bond motifs is 1. The fraction of sp³-hybridized carbons (Fsp3) is 0.389. The number of aromatic nitrogens is 4. The average Bonchev–Trinajstić information content (AvgIpc) is 3.07. The molecule has 1 atom stereocenters. The van der Waals surface area contributed by atoms with Crippen LogP contribution in [0.5, 0.6) is 5.75 Å². The summed E-state index contributed by atoms with van der Waals surface area (Å²) in [6, 6.07) is 3.29. The molecule has 4 rings (SSSR count). The van der Waals surface area contributed by atoms with Crippen molar-refractivity contribution in [2.24, 2.45) is 7.05 Å². The van der Waals surface area contributed by atoms with Crippen molar-refractivity contribution in [1.29, 1.82) is 0 Å². The molecule has 2 aromatic heterocycles. The molecule has 1 aromatic carbocycles. The second-order valence-electron chi connectivity index (χ2n) is 7.16. The molecule has 0 saturated carbocycles. The summed E-state index contributed by atoms with van der Waals surface area (Å²) < 4.78 is 1.81. The Morgan fingerprint density at radius 1 is 1.27 bits per heavy atom. The van der Waals surface area contributed by atoms with Gasteiger partial charge in [-0.25, -0.2) is 15.0 Å². The van der Waals surface area contributed by atoms with E-state index in [1.54, 1.807) is 12.3 Å². The first-order valence-corrected chi connectivity index (χ1v) is 8.79. The van der Waals surface area contributed by atoms with Crippen molar-refractivity contribution in [2.45, 2.75) is 25.9 Å². The van der Waals surface area contributed by atoms with Gasteiger partial charge in [0.2, 0.25) is 0 Å². The Labute approximate surface area is 155 Å². The molecule has 1 aliphatic heterocycles. The van der Waals surface area contributed by atoms with Crippen LogP contribution in [0.15, 0.2) is 18.3 Å². The molecular weight excluding hydrogens is 354 g/mol. The molecule has 26 heavy (non-hydrogen) atoms. The van der Waals surface area contributed by atoms with E-state index in [-0.39, 0.29) is 5.75 Å². The Balaban J connectivity index is 1.81. The fourth-order valence-electron chi connectivity index (χ4n) is 3.48. The molecule has 1 aliphatic rings. The number of benzene rings is 1. The van der Waals surface area contributed by atoms with Crippen molar-refractivity contribution < 1.29 is 10.2 Å². The lowest BCUT2D eigenvalue weighted by molar-refractivity contribution is 0.0839. The minimum absolute atomic E-state index is 0.0734. The number of imidazole rings is 1. The molecule has 8 heteroatoms. The van der Waals surface area contributed by atoms with E-state index in [0.717, 1.165) is 12.1 Å². The van der Waals surface area contributed by atoms with Crippen LogP contribution in [0.2, 0.25) is 5.02 Å². The number of phenolic OH excluding ortho intramolecular Hbond substituents is 1. The summed E-state index contributed by atoms with van der Waals surface area (Å²) in [5, 5.41) is 21.0. The van der Waals surface area contributed by atoms with Crippen molar-refractivity contribution in [3.8, 4) is 17.1 Å². The van der Waals surface area contributed by atoms with Crippen LogP contribution >= 0.6 is 11.6 Å². The normalized spacial score (nSPS) is 20.3. The number of aryl methyl sites for hydroxylation is 2. The zero-order chi connectivity index (χ0) is 18.6. The standard InChI is InChI=1S/C18H20ClN5O2/c1-10-6-11(19)7-12(25)14(10)16-22-15-17(23(16)3)20-8-13(21-15)24-5-4-18(2,26)9-24/h6-8,25-26H,4-5,9H2,1-3H3/t18-/m1/s1. The zero-order valence-corrected chi connectivity index (χ0v) is 15.6. The highest BCUT2D eigenvalue weighted by Crippen LogP contribution is 2.35. The number of aliphatic hydroxyl groups is 1. The number of hydrogen-bond donors (Lipinski definition) is 2. The Bertz CT molecular complexity index is 991. The van der Waals surface area contributed by atoms with Gasteiger partial charge in [-0.2, -0.15) is 0 Å². The molecule has 1 saturated heterocycles. The molecule has 0 amide bonds. The first kappa shape index (κ1) is 17.1. The molecule has 3 heterocycles. The zero-order valence-electron chi connectivity index (χ0n) is 14.9. The van der Waals surface area contributed by atoms with Gasteiger partial charge in [-0.3, -0.25) is 0 Å². The van der Waals surface area contributed by atoms with Gasteiger partial charge in [0.25, 0.3) is 0 Å². The summed E-state index contributed by atoms with van der Waals surface area (Å²) in [6.07, 6.45) is 2.39. The largest absolute Gasteiger partial charge is 0.507 e. The molecule has 0 bridgehead atoms. The molecule has 136 valence electrons. The van der Waals surface area contributed by atoms with Crippen LogP contribution in [0.3, 0.4) is 0 Å². The van der Waals surface area contributed by atoms with Crippen molar-refractivity contribution in [2.75, 3.05) is 18.0 Å². The van der Waals surface area contributed by atoms with Crippen LogP contribution < -0.4 is 4.90 Å². The maximum atomic E-state index is 10.3. The number of hydrogen-bond acceptors (Lipinski definition) is 6. The third-order valence-electron chi connectivity index (χ3n) is 4.85. The molecule has 0 aliphatic carbocycles. The fourth-order valence-corrected chi connectivity index (χ4v) is 3.75. The molecule has 0 radical (unpaired) electrons. The van der Waals surface area contributed by atoms with Gasteiger partial charge in [0.1, 0.15) is 17.4 Å². The van der Waals surface area contributed by atoms with E-state index in [1.807, 2.05) is 30.4 Å². The summed E-state index contributed by atoms with van der Waals surface area (Å²) in [4.78, 5) is 15.7. The molecule has 2 N–H and O–H groups in total. The number of rotatable bonds is 2. The number of aromatic hydroxyl groups is 1. The maximum Gasteiger partial charge on any atom is 0.200 e. The van der Waals surface area contributed by atoms with Gasteiger partial charge in [-0.05, 0) is 38.0 Å². The van der Waals surface area contributed by atoms with E-state index in [0.29, 0.717) is 46.5 Å². The van der Waals surface area contributed by atoms with E-state index in [2.05, 4.69) is 15.0 Å². The van der Waals surface area contributed by atoms with Crippen LogP contribution in [-0.2, 0) is 7.05 Å². The van der Waals surface area contributed by atoms with Crippen LogP contribution in [0.1, 0.15) is 18.9 Å². The smallest absolute Gasteiger partial charge is 0.200 e. The van der Waals surface area contributed by atoms with Gasteiger partial charge in [-0.15, -0.1) is 0 Å². The second-order valence-corrected chi connectivity index (χ2v) is 7.59. The third-order valence-corrected chi connectivity index (χ3v) is 5.07. The van der Waals surface area contributed by atoms with E-state index < -0.39 is 5.60 Å². The highest BCUT2D eigenvalue weighted by Gasteiger charge is 2.32. The van der Waals surface area contributed by atoms with Crippen LogP contribution in [0.25, 0.3) is 22.7 Å². The number of phenols is 1. The minimum atomic E-state index is -0.710. The van der Waals surface area contributed by atoms with E-state index in [1.165, 1.54) is 6.07 Å². The number of halogens is 1. The SMILES string of the molecule is Cc1cc(Cl)cc(O)c1-c1nc2nc(N3CC[C@@](C)(O)C3)cnc2n1C. The van der Waals surface area contributed by atoms with E-state index in [9.17, 15) is 10.2 Å². The Morgan fingerprint density at radius 2 is 2.04 bits per heavy atom. The van der Waals surface area contributed by atoms with Gasteiger partial charge in [-0.1, -0.05) is 11.6 Å². The second kappa shape index (κ2) is 5.82. The summed E-state index contributed by atoms with van der Waals surface area (Å²) in [6.45, 7) is 4.94. The lowest BCUT2D eigenvalue weighted by Crippen LogP contribution is -2.30. The van der Waals surface area contributed by atoms with E-state index in [4.69, 9.17) is 11.6 Å². The van der Waals surface area contributed by atoms with E-state index >= 15 is 0 Å². The summed E-state index contributed by atoms with van der Waals surface area (Å²) >= 11 is 6.01. The van der Waals surface area contributed by atoms with Gasteiger partial charge in [0.15, 0.2) is 11.3 Å². The number of nitrogens with zero attached hydrogens (tertiary/aromatic N) is 5. The lowest BCUT2D eigenvalue weighted by atomic mass is 10.1. The molecule has 3 aromatic rings. The van der Waals surface area contributed by atoms with Crippen LogP contribution in [-0.4, -0.2) is 48.4 Å². The lowest BCUT2D eigenvalue weighted by Gasteiger charge is -2.19. The van der Waals surface area contributed by atoms with Crippen molar-refractivity contribution in [1.82, 2.24) is 19.5 Å². The summed E-state index contributed by atoms with van der Waals surface area (Å²) in [5.41, 5.74) is 1.85.